The number of halogens is 1. The van der Waals surface area contributed by atoms with Gasteiger partial charge >= 0.3 is 5.97 Å². The number of carbonyl (C=O) groups excluding carboxylic acids is 2. The minimum atomic E-state index is -0.836. The minimum absolute atomic E-state index is 0.345. The Morgan fingerprint density at radius 2 is 1.95 bits per heavy atom. The van der Waals surface area contributed by atoms with Crippen molar-refractivity contribution in [1.82, 2.24) is 9.88 Å². The number of rotatable bonds is 4. The summed E-state index contributed by atoms with van der Waals surface area (Å²) >= 11 is 3.31. The quantitative estimate of drug-likeness (QED) is 0.861. The molecule has 0 aliphatic heterocycles. The highest BCUT2D eigenvalue weighted by Crippen LogP contribution is 2.17. The molecule has 0 aliphatic rings. The smallest absolute Gasteiger partial charge is 0.333 e. The van der Waals surface area contributed by atoms with Crippen molar-refractivity contribution in [1.29, 1.82) is 0 Å². The summed E-state index contributed by atoms with van der Waals surface area (Å²) in [5, 5.41) is 2.70. The largest absolute Gasteiger partial charge is 0.467 e. The number of nitrogens with one attached hydrogen (secondary N) is 1. The fraction of sp³-hybridized carbons (Fsp3) is 0.200. The number of hydrogen-bond donors (Lipinski definition) is 1. The predicted octanol–water partition coefficient (Wildman–Crippen LogP) is 2.43. The Morgan fingerprint density at radius 1 is 1.29 bits per heavy atom. The third kappa shape index (κ3) is 3.52. The predicted molar refractivity (Wildman–Crippen MR) is 81.8 cm³/mol. The summed E-state index contributed by atoms with van der Waals surface area (Å²) in [6, 6.07) is 9.83. The van der Waals surface area contributed by atoms with Crippen LogP contribution in [-0.4, -0.2) is 23.6 Å². The molecule has 2 aromatic rings. The standard InChI is InChI=1S/C15H15BrN2O3/c1-18-9-11(16)8-12(18)14(19)17-13(15(20)21-2)10-6-4-3-5-7-10/h3-9,13H,1-2H3,(H,17,19). The highest BCUT2D eigenvalue weighted by Gasteiger charge is 2.24. The van der Waals surface area contributed by atoms with Gasteiger partial charge in [0.15, 0.2) is 6.04 Å². The van der Waals surface area contributed by atoms with Crippen molar-refractivity contribution in [2.24, 2.45) is 7.05 Å². The van der Waals surface area contributed by atoms with E-state index in [1.54, 1.807) is 48.1 Å². The lowest BCUT2D eigenvalue weighted by Gasteiger charge is -2.17. The fourth-order valence-corrected chi connectivity index (χ4v) is 2.52. The molecule has 1 amide bonds. The van der Waals surface area contributed by atoms with Gasteiger partial charge in [0.2, 0.25) is 0 Å². The maximum atomic E-state index is 12.3. The summed E-state index contributed by atoms with van der Waals surface area (Å²) in [5.41, 5.74) is 1.12. The van der Waals surface area contributed by atoms with Crippen LogP contribution in [-0.2, 0) is 16.6 Å². The third-order valence-corrected chi connectivity index (χ3v) is 3.48. The zero-order valence-corrected chi connectivity index (χ0v) is 13.3. The third-order valence-electron chi connectivity index (χ3n) is 3.05. The fourth-order valence-electron chi connectivity index (χ4n) is 2.00. The molecule has 0 radical (unpaired) electrons. The molecule has 0 aliphatic carbocycles. The number of benzene rings is 1. The SMILES string of the molecule is COC(=O)C(NC(=O)c1cc(Br)cn1C)c1ccccc1. The highest BCUT2D eigenvalue weighted by atomic mass is 79.9. The maximum Gasteiger partial charge on any atom is 0.333 e. The van der Waals surface area contributed by atoms with Gasteiger partial charge in [0.1, 0.15) is 5.69 Å². The van der Waals surface area contributed by atoms with Gasteiger partial charge in [0.25, 0.3) is 5.91 Å². The van der Waals surface area contributed by atoms with Crippen LogP contribution < -0.4 is 5.32 Å². The van der Waals surface area contributed by atoms with Gasteiger partial charge in [0.05, 0.1) is 7.11 Å². The Kier molecular flexibility index (Phi) is 4.80. The summed E-state index contributed by atoms with van der Waals surface area (Å²) in [5.74, 6) is -0.856. The number of nitrogens with zero attached hydrogens (tertiary/aromatic N) is 1. The summed E-state index contributed by atoms with van der Waals surface area (Å²) in [6.07, 6.45) is 1.77. The molecule has 0 saturated heterocycles. The monoisotopic (exact) mass is 350 g/mol. The van der Waals surface area contributed by atoms with E-state index >= 15 is 0 Å². The van der Waals surface area contributed by atoms with Crippen molar-refractivity contribution in [3.8, 4) is 0 Å². The van der Waals surface area contributed by atoms with Crippen molar-refractivity contribution in [3.05, 3.63) is 58.3 Å². The van der Waals surface area contributed by atoms with E-state index in [-0.39, 0.29) is 5.91 Å². The minimum Gasteiger partial charge on any atom is -0.467 e. The summed E-state index contributed by atoms with van der Waals surface area (Å²) < 4.78 is 7.24. The Balaban J connectivity index is 2.25. The molecule has 2 rings (SSSR count). The molecule has 0 fully saturated rings. The molecule has 5 nitrogen and oxygen atoms in total. The Morgan fingerprint density at radius 3 is 2.48 bits per heavy atom. The number of esters is 1. The topological polar surface area (TPSA) is 60.3 Å². The van der Waals surface area contributed by atoms with Crippen molar-refractivity contribution in [2.45, 2.75) is 6.04 Å². The first kappa shape index (κ1) is 15.3. The Bertz CT molecular complexity index is 652. The average molecular weight is 351 g/mol. The van der Waals surface area contributed by atoms with Gasteiger partial charge in [-0.1, -0.05) is 30.3 Å². The normalized spacial score (nSPS) is 11.8. The lowest BCUT2D eigenvalue weighted by molar-refractivity contribution is -0.143. The van der Waals surface area contributed by atoms with Crippen molar-refractivity contribution in [3.63, 3.8) is 0 Å². The number of aryl methyl sites for hydroxylation is 1. The Labute approximate surface area is 131 Å². The van der Waals surface area contributed by atoms with E-state index in [1.165, 1.54) is 7.11 Å². The second-order valence-electron chi connectivity index (χ2n) is 4.49. The molecule has 0 bridgehead atoms. The van der Waals surface area contributed by atoms with E-state index in [1.807, 2.05) is 6.07 Å². The van der Waals surface area contributed by atoms with Gasteiger partial charge in [-0.05, 0) is 27.6 Å². The van der Waals surface area contributed by atoms with Crippen molar-refractivity contribution in [2.75, 3.05) is 7.11 Å². The van der Waals surface area contributed by atoms with E-state index in [0.717, 1.165) is 4.47 Å². The molecule has 1 aromatic heterocycles. The van der Waals surface area contributed by atoms with E-state index in [0.29, 0.717) is 11.3 Å². The molecular formula is C15H15BrN2O3. The van der Waals surface area contributed by atoms with Crippen LogP contribution in [0, 0.1) is 0 Å². The van der Waals surface area contributed by atoms with Gasteiger partial charge < -0.3 is 14.6 Å². The van der Waals surface area contributed by atoms with E-state index in [9.17, 15) is 9.59 Å². The van der Waals surface area contributed by atoms with Crippen molar-refractivity contribution >= 4 is 27.8 Å². The van der Waals surface area contributed by atoms with Crippen LogP contribution in [0.1, 0.15) is 22.1 Å². The first-order valence-corrected chi connectivity index (χ1v) is 7.07. The van der Waals surface area contributed by atoms with E-state index < -0.39 is 12.0 Å². The van der Waals surface area contributed by atoms with E-state index in [4.69, 9.17) is 4.74 Å². The van der Waals surface area contributed by atoms with E-state index in [2.05, 4.69) is 21.2 Å². The summed E-state index contributed by atoms with van der Waals surface area (Å²) in [6.45, 7) is 0. The molecule has 1 heterocycles. The second kappa shape index (κ2) is 6.58. The van der Waals surface area contributed by atoms with Gasteiger partial charge in [0, 0.05) is 17.7 Å². The second-order valence-corrected chi connectivity index (χ2v) is 5.41. The van der Waals surface area contributed by atoms with Crippen LogP contribution in [0.2, 0.25) is 0 Å². The summed E-state index contributed by atoms with van der Waals surface area (Å²) in [7, 11) is 3.05. The lowest BCUT2D eigenvalue weighted by atomic mass is 10.1. The van der Waals surface area contributed by atoms with Crippen molar-refractivity contribution < 1.29 is 14.3 Å². The molecule has 1 unspecified atom stereocenters. The lowest BCUT2D eigenvalue weighted by Crippen LogP contribution is -2.35. The van der Waals surface area contributed by atoms with Crippen LogP contribution in [0.5, 0.6) is 0 Å². The number of hydrogen-bond acceptors (Lipinski definition) is 3. The number of methoxy groups -OCH3 is 1. The number of amides is 1. The van der Waals surface area contributed by atoms with Gasteiger partial charge in [-0.2, -0.15) is 0 Å². The summed E-state index contributed by atoms with van der Waals surface area (Å²) in [4.78, 5) is 24.2. The van der Waals surface area contributed by atoms with Crippen LogP contribution >= 0.6 is 15.9 Å². The number of ether oxygens (including phenoxy) is 1. The molecule has 0 spiro atoms. The van der Waals surface area contributed by atoms with Crippen LogP contribution in [0.4, 0.5) is 0 Å². The molecule has 21 heavy (non-hydrogen) atoms. The van der Waals surface area contributed by atoms with Gasteiger partial charge in [-0.25, -0.2) is 4.79 Å². The molecule has 1 atom stereocenters. The molecule has 110 valence electrons. The van der Waals surface area contributed by atoms with Crippen LogP contribution in [0.3, 0.4) is 0 Å². The molecule has 1 N–H and O–H groups in total. The first-order valence-electron chi connectivity index (χ1n) is 6.28. The van der Waals surface area contributed by atoms with Gasteiger partial charge in [-0.3, -0.25) is 4.79 Å². The zero-order valence-electron chi connectivity index (χ0n) is 11.7. The molecule has 1 aromatic carbocycles. The first-order chi connectivity index (χ1) is 10.0. The maximum absolute atomic E-state index is 12.3. The Hall–Kier alpha value is -2.08. The number of aromatic nitrogens is 1. The highest BCUT2D eigenvalue weighted by molar-refractivity contribution is 9.10. The molecular weight excluding hydrogens is 336 g/mol. The van der Waals surface area contributed by atoms with Crippen LogP contribution in [0.25, 0.3) is 0 Å². The molecule has 0 saturated carbocycles. The van der Waals surface area contributed by atoms with Crippen LogP contribution in [0.15, 0.2) is 47.1 Å². The zero-order chi connectivity index (χ0) is 15.4. The number of carbonyl (C=O) groups is 2. The average Bonchev–Trinajstić information content (AvgIpc) is 2.83. The van der Waals surface area contributed by atoms with Gasteiger partial charge in [-0.15, -0.1) is 0 Å². The molecule has 6 heteroatoms.